The van der Waals surface area contributed by atoms with Gasteiger partial charge in [0.25, 0.3) is 15.9 Å². The van der Waals surface area contributed by atoms with Crippen molar-refractivity contribution in [2.75, 3.05) is 4.72 Å². The third-order valence-electron chi connectivity index (χ3n) is 4.98. The highest BCUT2D eigenvalue weighted by atomic mass is 32.2. The summed E-state index contributed by atoms with van der Waals surface area (Å²) < 4.78 is 56.1. The Kier molecular flexibility index (Phi) is 5.37. The van der Waals surface area contributed by atoms with Crippen LogP contribution in [0, 0.1) is 11.6 Å². The normalized spacial score (nSPS) is 15.3. The number of sulfonamides is 1. The van der Waals surface area contributed by atoms with Crippen LogP contribution < -0.4 is 10.0 Å². The first-order valence-electron chi connectivity index (χ1n) is 9.47. The van der Waals surface area contributed by atoms with Crippen LogP contribution in [0.3, 0.4) is 0 Å². The first-order valence-corrected chi connectivity index (χ1v) is 11.0. The van der Waals surface area contributed by atoms with Gasteiger partial charge in [0.1, 0.15) is 23.0 Å². The molecular formula is C19H19F2N5O3S. The number of rotatable bonds is 5. The summed E-state index contributed by atoms with van der Waals surface area (Å²) in [6.07, 6.45) is 7.80. The van der Waals surface area contributed by atoms with E-state index < -0.39 is 26.6 Å². The van der Waals surface area contributed by atoms with Crippen molar-refractivity contribution in [3.8, 4) is 0 Å². The molecule has 3 aromatic rings. The van der Waals surface area contributed by atoms with E-state index in [9.17, 15) is 22.0 Å². The van der Waals surface area contributed by atoms with E-state index in [2.05, 4.69) is 20.1 Å². The van der Waals surface area contributed by atoms with Crippen LogP contribution in [0.2, 0.25) is 0 Å². The summed E-state index contributed by atoms with van der Waals surface area (Å²) in [5.74, 6) is -3.00. The molecule has 0 atom stereocenters. The van der Waals surface area contributed by atoms with Gasteiger partial charge in [0.05, 0.1) is 6.20 Å². The van der Waals surface area contributed by atoms with Gasteiger partial charge in [-0.05, 0) is 31.0 Å². The highest BCUT2D eigenvalue weighted by molar-refractivity contribution is 7.92. The fourth-order valence-corrected chi connectivity index (χ4v) is 4.66. The van der Waals surface area contributed by atoms with Gasteiger partial charge < -0.3 is 5.32 Å². The molecule has 0 radical (unpaired) electrons. The summed E-state index contributed by atoms with van der Waals surface area (Å²) in [6.45, 7) is 0. The zero-order chi connectivity index (χ0) is 21.3. The largest absolute Gasteiger partial charge is 0.349 e. The van der Waals surface area contributed by atoms with E-state index in [4.69, 9.17) is 0 Å². The minimum absolute atomic E-state index is 0.0758. The van der Waals surface area contributed by atoms with Crippen LogP contribution in [0.4, 0.5) is 14.6 Å². The standard InChI is InChI=1S/C19H19F2N5O3S/c20-14-7-4-8-15(21)17(14)30(28,29)25-16-9-10-26-18(24-16)13(11-22-26)19(27)23-12-5-2-1-3-6-12/h4,7-12H,1-3,5-6H2,(H,23,27)(H,24,25). The molecule has 1 aliphatic rings. The number of halogens is 2. The van der Waals surface area contributed by atoms with E-state index >= 15 is 0 Å². The third-order valence-corrected chi connectivity index (χ3v) is 6.39. The number of aromatic nitrogens is 3. The molecule has 0 unspecified atom stereocenters. The molecule has 1 aromatic carbocycles. The summed E-state index contributed by atoms with van der Waals surface area (Å²) in [5.41, 5.74) is 0.302. The number of nitrogens with zero attached hydrogens (tertiary/aromatic N) is 3. The van der Waals surface area contributed by atoms with E-state index in [0.29, 0.717) is 0 Å². The second-order valence-electron chi connectivity index (χ2n) is 7.10. The Morgan fingerprint density at radius 1 is 1.10 bits per heavy atom. The number of hydrogen-bond acceptors (Lipinski definition) is 5. The molecule has 2 N–H and O–H groups in total. The monoisotopic (exact) mass is 435 g/mol. The molecule has 1 fully saturated rings. The lowest BCUT2D eigenvalue weighted by Crippen LogP contribution is -2.36. The van der Waals surface area contributed by atoms with E-state index in [0.717, 1.165) is 50.3 Å². The van der Waals surface area contributed by atoms with Gasteiger partial charge in [-0.15, -0.1) is 0 Å². The van der Waals surface area contributed by atoms with E-state index in [1.165, 1.54) is 23.0 Å². The molecule has 0 aliphatic heterocycles. The van der Waals surface area contributed by atoms with Crippen molar-refractivity contribution in [1.82, 2.24) is 19.9 Å². The smallest absolute Gasteiger partial charge is 0.268 e. The quantitative estimate of drug-likeness (QED) is 0.641. The Bertz CT molecular complexity index is 1190. The van der Waals surface area contributed by atoms with E-state index in [-0.39, 0.29) is 29.0 Å². The maximum atomic E-state index is 13.9. The van der Waals surface area contributed by atoms with Crippen LogP contribution in [0.25, 0.3) is 5.65 Å². The van der Waals surface area contributed by atoms with Crippen LogP contribution in [-0.2, 0) is 10.0 Å². The van der Waals surface area contributed by atoms with Gasteiger partial charge >= 0.3 is 0 Å². The second kappa shape index (κ2) is 7.98. The predicted molar refractivity (Wildman–Crippen MR) is 104 cm³/mol. The highest BCUT2D eigenvalue weighted by Gasteiger charge is 2.25. The van der Waals surface area contributed by atoms with Crippen molar-refractivity contribution < 1.29 is 22.0 Å². The summed E-state index contributed by atoms with van der Waals surface area (Å²) in [7, 11) is -4.57. The highest BCUT2D eigenvalue weighted by Crippen LogP contribution is 2.22. The molecule has 2 heterocycles. The Balaban J connectivity index is 1.62. The molecule has 30 heavy (non-hydrogen) atoms. The molecule has 11 heteroatoms. The molecule has 2 aromatic heterocycles. The number of hydrogen-bond donors (Lipinski definition) is 2. The number of fused-ring (bicyclic) bond motifs is 1. The van der Waals surface area contributed by atoms with Crippen molar-refractivity contribution >= 4 is 27.4 Å². The van der Waals surface area contributed by atoms with Crippen LogP contribution >= 0.6 is 0 Å². The Morgan fingerprint density at radius 3 is 2.50 bits per heavy atom. The van der Waals surface area contributed by atoms with E-state index in [1.54, 1.807) is 0 Å². The van der Waals surface area contributed by atoms with Crippen LogP contribution in [-0.4, -0.2) is 35.0 Å². The number of carbonyl (C=O) groups is 1. The molecule has 0 bridgehead atoms. The first-order chi connectivity index (χ1) is 14.3. The first kappa shape index (κ1) is 20.2. The van der Waals surface area contributed by atoms with Gasteiger partial charge in [0.15, 0.2) is 10.5 Å². The Labute approximate surface area is 171 Å². The Hall–Kier alpha value is -3.08. The maximum Gasteiger partial charge on any atom is 0.268 e. The molecule has 1 aliphatic carbocycles. The zero-order valence-electron chi connectivity index (χ0n) is 15.8. The number of anilines is 1. The molecule has 4 rings (SSSR count). The molecule has 158 valence electrons. The molecular weight excluding hydrogens is 416 g/mol. The predicted octanol–water partition coefficient (Wildman–Crippen LogP) is 2.87. The SMILES string of the molecule is O=C(NC1CCCCC1)c1cnn2ccc(NS(=O)(=O)c3c(F)cccc3F)nc12. The van der Waals surface area contributed by atoms with Gasteiger partial charge in [-0.1, -0.05) is 25.3 Å². The minimum Gasteiger partial charge on any atom is -0.349 e. The average Bonchev–Trinajstić information content (AvgIpc) is 3.11. The molecule has 0 saturated heterocycles. The topological polar surface area (TPSA) is 105 Å². The summed E-state index contributed by atoms with van der Waals surface area (Å²) in [6, 6.07) is 4.11. The number of amides is 1. The fourth-order valence-electron chi connectivity index (χ4n) is 3.52. The van der Waals surface area contributed by atoms with Gasteiger partial charge in [-0.3, -0.25) is 9.52 Å². The fraction of sp³-hybridized carbons (Fsp3) is 0.316. The van der Waals surface area contributed by atoms with Crippen molar-refractivity contribution in [1.29, 1.82) is 0 Å². The zero-order valence-corrected chi connectivity index (χ0v) is 16.6. The summed E-state index contributed by atoms with van der Waals surface area (Å²) in [4.78, 5) is 15.7. The Morgan fingerprint density at radius 2 is 1.80 bits per heavy atom. The van der Waals surface area contributed by atoms with Crippen molar-refractivity contribution in [3.05, 3.63) is 53.9 Å². The van der Waals surface area contributed by atoms with Crippen LogP contribution in [0.1, 0.15) is 42.5 Å². The molecule has 8 nitrogen and oxygen atoms in total. The van der Waals surface area contributed by atoms with Gasteiger partial charge in [0, 0.05) is 12.2 Å². The van der Waals surface area contributed by atoms with Gasteiger partial charge in [-0.2, -0.15) is 5.10 Å². The maximum absolute atomic E-state index is 13.9. The summed E-state index contributed by atoms with van der Waals surface area (Å²) in [5, 5.41) is 7.00. The molecule has 1 saturated carbocycles. The third kappa shape index (κ3) is 3.97. The lowest BCUT2D eigenvalue weighted by atomic mass is 9.95. The summed E-state index contributed by atoms with van der Waals surface area (Å²) >= 11 is 0. The number of benzene rings is 1. The van der Waals surface area contributed by atoms with Crippen LogP contribution in [0.15, 0.2) is 41.6 Å². The lowest BCUT2D eigenvalue weighted by molar-refractivity contribution is 0.0929. The minimum atomic E-state index is -4.57. The van der Waals surface area contributed by atoms with Gasteiger partial charge in [0.2, 0.25) is 0 Å². The van der Waals surface area contributed by atoms with Crippen LogP contribution in [0.5, 0.6) is 0 Å². The van der Waals surface area contributed by atoms with Crippen molar-refractivity contribution in [2.24, 2.45) is 0 Å². The average molecular weight is 435 g/mol. The molecule has 1 amide bonds. The van der Waals surface area contributed by atoms with E-state index in [1.807, 2.05) is 0 Å². The van der Waals surface area contributed by atoms with Crippen molar-refractivity contribution in [2.45, 2.75) is 43.0 Å². The lowest BCUT2D eigenvalue weighted by Gasteiger charge is -2.22. The van der Waals surface area contributed by atoms with Crippen molar-refractivity contribution in [3.63, 3.8) is 0 Å². The van der Waals surface area contributed by atoms with Gasteiger partial charge in [-0.25, -0.2) is 26.7 Å². The molecule has 0 spiro atoms. The number of nitrogens with one attached hydrogen (secondary N) is 2. The second-order valence-corrected chi connectivity index (χ2v) is 8.72. The number of carbonyl (C=O) groups excluding carboxylic acids is 1.